The molecule has 90 valence electrons. The molecule has 4 heteroatoms. The molecule has 1 aliphatic rings. The Labute approximate surface area is 103 Å². The number of hydrogen-bond donors (Lipinski definition) is 2. The maximum absolute atomic E-state index is 12.9. The van der Waals surface area contributed by atoms with Gasteiger partial charge in [-0.1, -0.05) is 30.3 Å². The lowest BCUT2D eigenvalue weighted by Gasteiger charge is -2.24. The molecular weight excluding hydrogens is 233 g/mol. The summed E-state index contributed by atoms with van der Waals surface area (Å²) in [6.07, 6.45) is 0. The van der Waals surface area contributed by atoms with Crippen molar-refractivity contribution in [2.24, 2.45) is 0 Å². The molecule has 1 unspecified atom stereocenters. The van der Waals surface area contributed by atoms with E-state index in [1.54, 1.807) is 24.3 Å². The molecule has 1 atom stereocenters. The van der Waals surface area contributed by atoms with Crippen LogP contribution in [0.1, 0.15) is 21.5 Å². The van der Waals surface area contributed by atoms with Crippen molar-refractivity contribution in [2.75, 3.05) is 0 Å². The van der Waals surface area contributed by atoms with Crippen molar-refractivity contribution in [3.8, 4) is 0 Å². The summed E-state index contributed by atoms with van der Waals surface area (Å²) in [6, 6.07) is 12.2. The second kappa shape index (κ2) is 3.65. The van der Waals surface area contributed by atoms with Crippen LogP contribution in [0.3, 0.4) is 0 Å². The van der Waals surface area contributed by atoms with Crippen LogP contribution in [-0.2, 0) is 5.72 Å². The molecule has 0 spiro atoms. The molecule has 2 aromatic carbocycles. The van der Waals surface area contributed by atoms with Gasteiger partial charge in [0.05, 0.1) is 0 Å². The lowest BCUT2D eigenvalue weighted by molar-refractivity contribution is 0.0475. The van der Waals surface area contributed by atoms with Crippen molar-refractivity contribution < 1.29 is 14.3 Å². The van der Waals surface area contributed by atoms with Gasteiger partial charge in [-0.05, 0) is 18.2 Å². The first-order valence-electron chi connectivity index (χ1n) is 5.52. The zero-order valence-corrected chi connectivity index (χ0v) is 9.35. The van der Waals surface area contributed by atoms with E-state index >= 15 is 0 Å². The summed E-state index contributed by atoms with van der Waals surface area (Å²) in [5.74, 6) is -0.725. The summed E-state index contributed by atoms with van der Waals surface area (Å²) in [5.41, 5.74) is -0.227. The lowest BCUT2D eigenvalue weighted by atomic mass is 9.94. The number of amides is 1. The Morgan fingerprint density at radius 1 is 1.06 bits per heavy atom. The molecule has 1 amide bonds. The van der Waals surface area contributed by atoms with Crippen LogP contribution in [0.5, 0.6) is 0 Å². The Kier molecular flexibility index (Phi) is 2.21. The third-order valence-corrected chi connectivity index (χ3v) is 3.12. The fourth-order valence-electron chi connectivity index (χ4n) is 2.21. The summed E-state index contributed by atoms with van der Waals surface area (Å²) in [4.78, 5) is 11.8. The minimum absolute atomic E-state index is 0.336. The first-order valence-corrected chi connectivity index (χ1v) is 5.52. The molecule has 0 saturated carbocycles. The largest absolute Gasteiger partial charge is 0.363 e. The Balaban J connectivity index is 2.17. The van der Waals surface area contributed by atoms with Gasteiger partial charge < -0.3 is 10.4 Å². The minimum atomic E-state index is -1.58. The topological polar surface area (TPSA) is 49.3 Å². The summed E-state index contributed by atoms with van der Waals surface area (Å²) < 4.78 is 12.9. The number of halogens is 1. The molecule has 2 aromatic rings. The van der Waals surface area contributed by atoms with Gasteiger partial charge in [0.2, 0.25) is 0 Å². The molecule has 3 rings (SSSR count). The molecule has 3 nitrogen and oxygen atoms in total. The number of hydrogen-bond acceptors (Lipinski definition) is 2. The Morgan fingerprint density at radius 3 is 2.44 bits per heavy atom. The maximum Gasteiger partial charge on any atom is 0.254 e. The highest BCUT2D eigenvalue weighted by atomic mass is 19.1. The van der Waals surface area contributed by atoms with Crippen molar-refractivity contribution in [2.45, 2.75) is 5.72 Å². The van der Waals surface area contributed by atoms with Gasteiger partial charge in [0.1, 0.15) is 5.82 Å². The van der Waals surface area contributed by atoms with Gasteiger partial charge in [-0.3, -0.25) is 4.79 Å². The van der Waals surface area contributed by atoms with Crippen LogP contribution in [0.15, 0.2) is 48.5 Å². The van der Waals surface area contributed by atoms with E-state index in [1.807, 2.05) is 0 Å². The van der Waals surface area contributed by atoms with Crippen LogP contribution in [0.25, 0.3) is 0 Å². The molecular formula is C14H10FNO2. The highest BCUT2D eigenvalue weighted by molar-refractivity contribution is 6.00. The second-order valence-corrected chi connectivity index (χ2v) is 4.22. The van der Waals surface area contributed by atoms with E-state index in [-0.39, 0.29) is 11.7 Å². The molecule has 2 N–H and O–H groups in total. The van der Waals surface area contributed by atoms with E-state index < -0.39 is 5.72 Å². The smallest absolute Gasteiger partial charge is 0.254 e. The fourth-order valence-corrected chi connectivity index (χ4v) is 2.21. The van der Waals surface area contributed by atoms with E-state index in [4.69, 9.17) is 0 Å². The number of fused-ring (bicyclic) bond motifs is 1. The van der Waals surface area contributed by atoms with E-state index in [1.165, 1.54) is 24.3 Å². The van der Waals surface area contributed by atoms with E-state index in [0.717, 1.165) is 0 Å². The quantitative estimate of drug-likeness (QED) is 0.801. The van der Waals surface area contributed by atoms with E-state index in [9.17, 15) is 14.3 Å². The molecule has 0 aromatic heterocycles. The summed E-state index contributed by atoms with van der Waals surface area (Å²) in [5, 5.41) is 13.1. The highest BCUT2D eigenvalue weighted by Gasteiger charge is 2.42. The average Bonchev–Trinajstić information content (AvgIpc) is 2.64. The molecule has 1 heterocycles. The number of carbonyl (C=O) groups excluding carboxylic acids is 1. The van der Waals surface area contributed by atoms with E-state index in [0.29, 0.717) is 16.7 Å². The molecule has 0 aliphatic carbocycles. The van der Waals surface area contributed by atoms with Crippen molar-refractivity contribution >= 4 is 5.91 Å². The van der Waals surface area contributed by atoms with Crippen LogP contribution < -0.4 is 5.32 Å². The van der Waals surface area contributed by atoms with Gasteiger partial charge in [-0.25, -0.2) is 4.39 Å². The normalized spacial score (nSPS) is 21.6. The maximum atomic E-state index is 12.9. The number of aliphatic hydroxyl groups is 1. The zero-order chi connectivity index (χ0) is 12.8. The van der Waals surface area contributed by atoms with Gasteiger partial charge in [-0.15, -0.1) is 0 Å². The average molecular weight is 243 g/mol. The van der Waals surface area contributed by atoms with Crippen molar-refractivity contribution in [3.63, 3.8) is 0 Å². The molecule has 18 heavy (non-hydrogen) atoms. The summed E-state index contributed by atoms with van der Waals surface area (Å²) in [6.45, 7) is 0. The third-order valence-electron chi connectivity index (χ3n) is 3.12. The van der Waals surface area contributed by atoms with Gasteiger partial charge in [-0.2, -0.15) is 0 Å². The molecule has 0 saturated heterocycles. The van der Waals surface area contributed by atoms with E-state index in [2.05, 4.69) is 5.32 Å². The van der Waals surface area contributed by atoms with Crippen molar-refractivity contribution in [1.82, 2.24) is 5.32 Å². The number of rotatable bonds is 1. The number of nitrogens with one attached hydrogen (secondary N) is 1. The van der Waals surface area contributed by atoms with Gasteiger partial charge in [0.15, 0.2) is 5.72 Å². The SMILES string of the molecule is O=C1NC(O)(c2ccc(F)cc2)c2ccccc21. The van der Waals surface area contributed by atoms with Crippen LogP contribution in [0.4, 0.5) is 4.39 Å². The minimum Gasteiger partial charge on any atom is -0.363 e. The highest BCUT2D eigenvalue weighted by Crippen LogP contribution is 2.34. The lowest BCUT2D eigenvalue weighted by Crippen LogP contribution is -2.40. The zero-order valence-electron chi connectivity index (χ0n) is 9.35. The standard InChI is InChI=1S/C14H10FNO2/c15-10-7-5-9(6-8-10)14(18)12-4-2-1-3-11(12)13(17)16-14/h1-8,18H,(H,16,17). The van der Waals surface area contributed by atoms with Crippen LogP contribution in [-0.4, -0.2) is 11.0 Å². The third kappa shape index (κ3) is 1.43. The van der Waals surface area contributed by atoms with Crippen LogP contribution >= 0.6 is 0 Å². The Hall–Kier alpha value is -2.20. The van der Waals surface area contributed by atoms with Gasteiger partial charge >= 0.3 is 0 Å². The number of carbonyl (C=O) groups is 1. The van der Waals surface area contributed by atoms with Crippen molar-refractivity contribution in [1.29, 1.82) is 0 Å². The van der Waals surface area contributed by atoms with Gasteiger partial charge in [0.25, 0.3) is 5.91 Å². The second-order valence-electron chi connectivity index (χ2n) is 4.22. The summed E-state index contributed by atoms with van der Waals surface area (Å²) in [7, 11) is 0. The van der Waals surface area contributed by atoms with Gasteiger partial charge in [0, 0.05) is 16.7 Å². The monoisotopic (exact) mass is 243 g/mol. The first kappa shape index (κ1) is 10.9. The molecule has 0 fully saturated rings. The first-order chi connectivity index (χ1) is 8.61. The molecule has 1 aliphatic heterocycles. The Bertz CT molecular complexity index is 624. The molecule has 0 bridgehead atoms. The Morgan fingerprint density at radius 2 is 1.72 bits per heavy atom. The van der Waals surface area contributed by atoms with Crippen LogP contribution in [0, 0.1) is 5.82 Å². The fraction of sp³-hybridized carbons (Fsp3) is 0.0714. The summed E-state index contributed by atoms with van der Waals surface area (Å²) >= 11 is 0. The number of benzene rings is 2. The molecule has 0 radical (unpaired) electrons. The predicted molar refractivity (Wildman–Crippen MR) is 63.3 cm³/mol. The van der Waals surface area contributed by atoms with Crippen LogP contribution in [0.2, 0.25) is 0 Å². The van der Waals surface area contributed by atoms with Crippen molar-refractivity contribution in [3.05, 3.63) is 71.0 Å². The predicted octanol–water partition coefficient (Wildman–Crippen LogP) is 1.76.